The number of nitrogens with one attached hydrogen (secondary N) is 1. The third-order valence-electron chi connectivity index (χ3n) is 3.68. The number of anilines is 1. The lowest BCUT2D eigenvalue weighted by atomic mass is 10.1. The SMILES string of the molecule is O=S(=O)(Nc1ccn(Cc2c(F)c(F)c(F)c(F)c2F)n1)c1cc(F)ccc1F. The molecule has 1 heterocycles. The Morgan fingerprint density at radius 1 is 0.862 bits per heavy atom. The van der Waals surface area contributed by atoms with Gasteiger partial charge in [-0.3, -0.25) is 9.40 Å². The van der Waals surface area contributed by atoms with Gasteiger partial charge in [-0.1, -0.05) is 0 Å². The van der Waals surface area contributed by atoms with E-state index in [9.17, 15) is 39.2 Å². The van der Waals surface area contributed by atoms with Crippen molar-refractivity contribution < 1.29 is 39.2 Å². The summed E-state index contributed by atoms with van der Waals surface area (Å²) in [5.41, 5.74) is -1.20. The van der Waals surface area contributed by atoms with Crippen LogP contribution in [0.1, 0.15) is 5.56 Å². The van der Waals surface area contributed by atoms with Crippen LogP contribution in [0, 0.1) is 40.7 Å². The highest BCUT2D eigenvalue weighted by Gasteiger charge is 2.26. The summed E-state index contributed by atoms with van der Waals surface area (Å²) in [6, 6.07) is 2.68. The third-order valence-corrected chi connectivity index (χ3v) is 5.05. The number of hydrogen-bond donors (Lipinski definition) is 1. The number of halogens is 7. The van der Waals surface area contributed by atoms with Crippen molar-refractivity contribution in [2.24, 2.45) is 0 Å². The van der Waals surface area contributed by atoms with Crippen molar-refractivity contribution in [1.29, 1.82) is 0 Å². The van der Waals surface area contributed by atoms with E-state index in [0.29, 0.717) is 22.9 Å². The molecule has 0 saturated heterocycles. The van der Waals surface area contributed by atoms with Crippen LogP contribution in [-0.4, -0.2) is 18.2 Å². The molecule has 0 unspecified atom stereocenters. The lowest BCUT2D eigenvalue weighted by Crippen LogP contribution is -2.16. The number of aromatic nitrogens is 2. The van der Waals surface area contributed by atoms with E-state index >= 15 is 0 Å². The first-order valence-electron chi connectivity index (χ1n) is 7.53. The van der Waals surface area contributed by atoms with E-state index < -0.39 is 73.6 Å². The molecule has 0 spiro atoms. The van der Waals surface area contributed by atoms with Gasteiger partial charge in [0.2, 0.25) is 5.82 Å². The van der Waals surface area contributed by atoms with Crippen LogP contribution >= 0.6 is 0 Å². The largest absolute Gasteiger partial charge is 0.266 e. The molecule has 3 aromatic rings. The number of sulfonamides is 1. The van der Waals surface area contributed by atoms with Gasteiger partial charge in [0.25, 0.3) is 10.0 Å². The highest BCUT2D eigenvalue weighted by molar-refractivity contribution is 7.92. The molecule has 3 rings (SSSR count). The lowest BCUT2D eigenvalue weighted by Gasteiger charge is -2.09. The molecule has 0 saturated carbocycles. The molecule has 2 aromatic carbocycles. The van der Waals surface area contributed by atoms with Crippen LogP contribution in [-0.2, 0) is 16.6 Å². The minimum absolute atomic E-state index is 0.420. The van der Waals surface area contributed by atoms with Crippen LogP contribution in [0.5, 0.6) is 0 Å². The molecule has 0 aliphatic carbocycles. The Kier molecular flexibility index (Phi) is 5.26. The molecule has 29 heavy (non-hydrogen) atoms. The maximum Gasteiger partial charge on any atom is 0.266 e. The van der Waals surface area contributed by atoms with Gasteiger partial charge in [-0.2, -0.15) is 5.10 Å². The van der Waals surface area contributed by atoms with Crippen LogP contribution in [0.25, 0.3) is 0 Å². The first-order valence-corrected chi connectivity index (χ1v) is 9.01. The average molecular weight is 439 g/mol. The van der Waals surface area contributed by atoms with Gasteiger partial charge >= 0.3 is 0 Å². The van der Waals surface area contributed by atoms with Gasteiger partial charge in [0.1, 0.15) is 16.5 Å². The van der Waals surface area contributed by atoms with Crippen molar-refractivity contribution in [1.82, 2.24) is 9.78 Å². The molecule has 0 aliphatic rings. The summed E-state index contributed by atoms with van der Waals surface area (Å²) in [6.45, 7) is -0.929. The molecule has 13 heteroatoms. The van der Waals surface area contributed by atoms with Gasteiger partial charge in [0.15, 0.2) is 29.1 Å². The van der Waals surface area contributed by atoms with E-state index in [2.05, 4.69) is 5.10 Å². The van der Waals surface area contributed by atoms with Crippen molar-refractivity contribution in [2.75, 3.05) is 4.72 Å². The van der Waals surface area contributed by atoms with Crippen LogP contribution in [0.15, 0.2) is 35.4 Å². The van der Waals surface area contributed by atoms with Crippen LogP contribution in [0.2, 0.25) is 0 Å². The summed E-state index contributed by atoms with van der Waals surface area (Å²) in [7, 11) is -4.62. The van der Waals surface area contributed by atoms with E-state index in [-0.39, 0.29) is 0 Å². The average Bonchev–Trinajstić information content (AvgIpc) is 3.10. The third kappa shape index (κ3) is 3.90. The Bertz CT molecular complexity index is 1180. The minimum Gasteiger partial charge on any atom is -0.266 e. The highest BCUT2D eigenvalue weighted by atomic mass is 32.2. The van der Waals surface area contributed by atoms with Gasteiger partial charge in [0.05, 0.1) is 12.1 Å². The molecule has 1 N–H and O–H groups in total. The number of benzene rings is 2. The molecular weight excluding hydrogens is 431 g/mol. The quantitative estimate of drug-likeness (QED) is 0.375. The molecule has 1 aromatic heterocycles. The summed E-state index contributed by atoms with van der Waals surface area (Å²) in [5, 5.41) is 3.57. The molecule has 0 radical (unpaired) electrons. The summed E-state index contributed by atoms with van der Waals surface area (Å²) in [4.78, 5) is -1.02. The van der Waals surface area contributed by atoms with Gasteiger partial charge in [0, 0.05) is 12.3 Å². The van der Waals surface area contributed by atoms with E-state index in [0.717, 1.165) is 12.3 Å². The second kappa shape index (κ2) is 7.39. The predicted molar refractivity (Wildman–Crippen MR) is 84.7 cm³/mol. The number of rotatable bonds is 5. The highest BCUT2D eigenvalue weighted by Crippen LogP contribution is 2.24. The zero-order chi connectivity index (χ0) is 21.5. The number of nitrogens with zero attached hydrogens (tertiary/aromatic N) is 2. The zero-order valence-electron chi connectivity index (χ0n) is 13.9. The fourth-order valence-corrected chi connectivity index (χ4v) is 3.42. The van der Waals surface area contributed by atoms with Crippen LogP contribution in [0.4, 0.5) is 36.6 Å². The molecule has 0 amide bonds. The van der Waals surface area contributed by atoms with Gasteiger partial charge in [-0.05, 0) is 18.2 Å². The van der Waals surface area contributed by atoms with Crippen LogP contribution in [0.3, 0.4) is 0 Å². The second-order valence-electron chi connectivity index (χ2n) is 5.63. The van der Waals surface area contributed by atoms with Crippen LogP contribution < -0.4 is 4.72 Å². The summed E-state index contributed by atoms with van der Waals surface area (Å²) in [6.07, 6.45) is 0.970. The fourth-order valence-electron chi connectivity index (χ4n) is 2.33. The smallest absolute Gasteiger partial charge is 0.266 e. The molecule has 5 nitrogen and oxygen atoms in total. The maximum atomic E-state index is 13.7. The van der Waals surface area contributed by atoms with E-state index in [4.69, 9.17) is 0 Å². The Hall–Kier alpha value is -3.09. The van der Waals surface area contributed by atoms with E-state index in [1.54, 1.807) is 0 Å². The Balaban J connectivity index is 1.88. The first-order chi connectivity index (χ1) is 13.5. The van der Waals surface area contributed by atoms with Crippen molar-refractivity contribution in [3.05, 3.63) is 76.7 Å². The summed E-state index contributed by atoms with van der Waals surface area (Å²) in [5.74, 6) is -13.5. The van der Waals surface area contributed by atoms with Gasteiger partial charge in [-0.25, -0.2) is 39.2 Å². The van der Waals surface area contributed by atoms with Gasteiger partial charge in [-0.15, -0.1) is 0 Å². The summed E-state index contributed by atoms with van der Waals surface area (Å²) < 4.78 is 121. The molecule has 0 fully saturated rings. The van der Waals surface area contributed by atoms with E-state index in [1.165, 1.54) is 0 Å². The minimum atomic E-state index is -4.62. The van der Waals surface area contributed by atoms with Crippen molar-refractivity contribution in [2.45, 2.75) is 11.4 Å². The molecule has 0 aliphatic heterocycles. The molecular formula is C16H8F7N3O2S. The fraction of sp³-hybridized carbons (Fsp3) is 0.0625. The van der Waals surface area contributed by atoms with Crippen molar-refractivity contribution >= 4 is 15.8 Å². The maximum absolute atomic E-state index is 13.7. The number of hydrogen-bond acceptors (Lipinski definition) is 3. The Morgan fingerprint density at radius 3 is 2.07 bits per heavy atom. The van der Waals surface area contributed by atoms with Crippen molar-refractivity contribution in [3.8, 4) is 0 Å². The standard InChI is InChI=1S/C16H8F7N3O2S/c17-7-1-2-9(18)10(5-7)29(27,28)25-11-3-4-26(24-11)6-8-12(19)14(21)16(23)15(22)13(8)20/h1-5H,6H2,(H,24,25). The normalized spacial score (nSPS) is 11.7. The predicted octanol–water partition coefficient (Wildman–Crippen LogP) is 3.71. The van der Waals surface area contributed by atoms with Gasteiger partial charge < -0.3 is 0 Å². The Labute approximate surface area is 158 Å². The van der Waals surface area contributed by atoms with E-state index in [1.807, 2.05) is 4.72 Å². The lowest BCUT2D eigenvalue weighted by molar-refractivity contribution is 0.367. The summed E-state index contributed by atoms with van der Waals surface area (Å²) >= 11 is 0. The molecule has 0 atom stereocenters. The topological polar surface area (TPSA) is 64.0 Å². The monoisotopic (exact) mass is 439 g/mol. The molecule has 154 valence electrons. The zero-order valence-corrected chi connectivity index (χ0v) is 14.7. The second-order valence-corrected chi connectivity index (χ2v) is 7.28. The Morgan fingerprint density at radius 2 is 1.45 bits per heavy atom. The first kappa shape index (κ1) is 20.6. The molecule has 0 bridgehead atoms. The van der Waals surface area contributed by atoms with Crippen molar-refractivity contribution in [3.63, 3.8) is 0 Å².